The van der Waals surface area contributed by atoms with E-state index in [4.69, 9.17) is 9.47 Å². The van der Waals surface area contributed by atoms with Gasteiger partial charge in [-0.3, -0.25) is 0 Å². The van der Waals surface area contributed by atoms with Crippen molar-refractivity contribution in [2.45, 2.75) is 84.2 Å². The summed E-state index contributed by atoms with van der Waals surface area (Å²) in [5.41, 5.74) is 1.37. The standard InChI is InChI=1S/C27H42O2/c1-4-6-7-8-9-10-11-12-13-14-15-16-17-19-26-20-18-21-27(24-26)29-23-22-28-25(3)5-2/h4,7-8,10-11,18,20-21,24-25H,1,5-6,9,12-17,19,22-23H2,2-3H3/b8-7-,11-10-. The molecule has 0 spiro atoms. The molecule has 1 unspecified atom stereocenters. The largest absolute Gasteiger partial charge is 0.491 e. The van der Waals surface area contributed by atoms with Crippen LogP contribution >= 0.6 is 0 Å². The lowest BCUT2D eigenvalue weighted by Gasteiger charge is -2.12. The first-order valence-corrected chi connectivity index (χ1v) is 11.5. The Morgan fingerprint density at radius 3 is 2.52 bits per heavy atom. The van der Waals surface area contributed by atoms with Gasteiger partial charge in [-0.2, -0.15) is 0 Å². The van der Waals surface area contributed by atoms with Crippen molar-refractivity contribution >= 4 is 0 Å². The molecular formula is C27H42O2. The molecule has 0 radical (unpaired) electrons. The van der Waals surface area contributed by atoms with Gasteiger partial charge < -0.3 is 9.47 Å². The number of hydrogen-bond acceptors (Lipinski definition) is 2. The lowest BCUT2D eigenvalue weighted by molar-refractivity contribution is 0.0426. The molecule has 0 aliphatic rings. The summed E-state index contributed by atoms with van der Waals surface area (Å²) in [5.74, 6) is 0.960. The summed E-state index contributed by atoms with van der Waals surface area (Å²) >= 11 is 0. The first-order chi connectivity index (χ1) is 14.3. The molecule has 2 nitrogen and oxygen atoms in total. The van der Waals surface area contributed by atoms with Crippen molar-refractivity contribution < 1.29 is 9.47 Å². The fourth-order valence-corrected chi connectivity index (χ4v) is 3.02. The van der Waals surface area contributed by atoms with Gasteiger partial charge in [0, 0.05) is 0 Å². The number of allylic oxidation sites excluding steroid dienone is 5. The molecule has 0 saturated carbocycles. The molecule has 0 bridgehead atoms. The summed E-state index contributed by atoms with van der Waals surface area (Å²) in [6.07, 6.45) is 23.1. The van der Waals surface area contributed by atoms with Gasteiger partial charge in [0.25, 0.3) is 0 Å². The van der Waals surface area contributed by atoms with E-state index in [9.17, 15) is 0 Å². The quantitative estimate of drug-likeness (QED) is 0.185. The SMILES string of the molecule is C=CC/C=C\C/C=C\CCCCCCCc1cccc(OCCOC(C)CC)c1. The highest BCUT2D eigenvalue weighted by atomic mass is 16.5. The van der Waals surface area contributed by atoms with Crippen molar-refractivity contribution in [2.75, 3.05) is 13.2 Å². The Morgan fingerprint density at radius 2 is 1.69 bits per heavy atom. The summed E-state index contributed by atoms with van der Waals surface area (Å²) in [7, 11) is 0. The summed E-state index contributed by atoms with van der Waals surface area (Å²) in [5, 5.41) is 0. The van der Waals surface area contributed by atoms with Crippen LogP contribution in [0.15, 0.2) is 61.2 Å². The van der Waals surface area contributed by atoms with Gasteiger partial charge in [-0.25, -0.2) is 0 Å². The average Bonchev–Trinajstić information content (AvgIpc) is 2.74. The molecule has 1 aromatic carbocycles. The minimum Gasteiger partial charge on any atom is -0.491 e. The first kappa shape index (κ1) is 25.2. The minimum absolute atomic E-state index is 0.311. The summed E-state index contributed by atoms with van der Waals surface area (Å²) in [4.78, 5) is 0. The third-order valence-electron chi connectivity index (χ3n) is 4.97. The van der Waals surface area contributed by atoms with E-state index in [-0.39, 0.29) is 0 Å². The maximum Gasteiger partial charge on any atom is 0.119 e. The van der Waals surface area contributed by atoms with Crippen LogP contribution in [0.25, 0.3) is 0 Å². The van der Waals surface area contributed by atoms with Gasteiger partial charge in [0.05, 0.1) is 12.7 Å². The van der Waals surface area contributed by atoms with Crippen molar-refractivity contribution in [1.82, 2.24) is 0 Å². The van der Waals surface area contributed by atoms with E-state index in [2.05, 4.69) is 62.9 Å². The Hall–Kier alpha value is -1.80. The predicted molar refractivity (Wildman–Crippen MR) is 127 cm³/mol. The molecule has 2 heteroatoms. The van der Waals surface area contributed by atoms with Crippen LogP contribution in [0.5, 0.6) is 5.75 Å². The molecule has 1 aromatic rings. The number of rotatable bonds is 18. The van der Waals surface area contributed by atoms with E-state index >= 15 is 0 Å². The van der Waals surface area contributed by atoms with Crippen LogP contribution in [0.3, 0.4) is 0 Å². The van der Waals surface area contributed by atoms with E-state index in [1.165, 1.54) is 44.1 Å². The molecule has 29 heavy (non-hydrogen) atoms. The Labute approximate surface area is 179 Å². The lowest BCUT2D eigenvalue weighted by Crippen LogP contribution is -2.13. The lowest BCUT2D eigenvalue weighted by atomic mass is 10.0. The summed E-state index contributed by atoms with van der Waals surface area (Å²) in [6.45, 7) is 9.22. The summed E-state index contributed by atoms with van der Waals surface area (Å²) < 4.78 is 11.5. The zero-order valence-electron chi connectivity index (χ0n) is 18.8. The Bertz CT molecular complexity index is 574. The molecule has 0 aliphatic carbocycles. The number of unbranched alkanes of at least 4 members (excludes halogenated alkanes) is 5. The second-order valence-corrected chi connectivity index (χ2v) is 7.59. The molecule has 0 heterocycles. The van der Waals surface area contributed by atoms with E-state index in [0.717, 1.165) is 31.4 Å². The van der Waals surface area contributed by atoms with Gasteiger partial charge in [0.15, 0.2) is 0 Å². The Balaban J connectivity index is 2.04. The number of ether oxygens (including phenoxy) is 2. The van der Waals surface area contributed by atoms with Crippen molar-refractivity contribution in [2.24, 2.45) is 0 Å². The smallest absolute Gasteiger partial charge is 0.119 e. The number of hydrogen-bond donors (Lipinski definition) is 0. The van der Waals surface area contributed by atoms with Crippen LogP contribution in [0.2, 0.25) is 0 Å². The normalized spacial score (nSPS) is 12.6. The van der Waals surface area contributed by atoms with Crippen molar-refractivity contribution in [3.8, 4) is 5.75 Å². The van der Waals surface area contributed by atoms with E-state index in [1.54, 1.807) is 0 Å². The van der Waals surface area contributed by atoms with Crippen molar-refractivity contribution in [1.29, 1.82) is 0 Å². The zero-order valence-corrected chi connectivity index (χ0v) is 18.8. The summed E-state index contributed by atoms with van der Waals surface area (Å²) in [6, 6.07) is 8.52. The highest BCUT2D eigenvalue weighted by Crippen LogP contribution is 2.16. The maximum atomic E-state index is 5.82. The van der Waals surface area contributed by atoms with Crippen LogP contribution in [0.1, 0.15) is 77.2 Å². The molecular weight excluding hydrogens is 356 g/mol. The van der Waals surface area contributed by atoms with Crippen LogP contribution in [-0.2, 0) is 11.2 Å². The van der Waals surface area contributed by atoms with Gasteiger partial charge in [0.1, 0.15) is 12.4 Å². The third-order valence-corrected chi connectivity index (χ3v) is 4.97. The van der Waals surface area contributed by atoms with E-state index < -0.39 is 0 Å². The first-order valence-electron chi connectivity index (χ1n) is 11.5. The van der Waals surface area contributed by atoms with Crippen LogP contribution in [0, 0.1) is 0 Å². The molecule has 162 valence electrons. The predicted octanol–water partition coefficient (Wildman–Crippen LogP) is 7.84. The van der Waals surface area contributed by atoms with Crippen LogP contribution < -0.4 is 4.74 Å². The second-order valence-electron chi connectivity index (χ2n) is 7.59. The van der Waals surface area contributed by atoms with Crippen molar-refractivity contribution in [3.63, 3.8) is 0 Å². The highest BCUT2D eigenvalue weighted by molar-refractivity contribution is 5.28. The topological polar surface area (TPSA) is 18.5 Å². The van der Waals surface area contributed by atoms with Gasteiger partial charge in [-0.1, -0.05) is 68.7 Å². The molecule has 0 aliphatic heterocycles. The third kappa shape index (κ3) is 14.8. The Kier molecular flexibility index (Phi) is 15.9. The molecule has 0 aromatic heterocycles. The van der Waals surface area contributed by atoms with Gasteiger partial charge in [0.2, 0.25) is 0 Å². The van der Waals surface area contributed by atoms with Crippen molar-refractivity contribution in [3.05, 3.63) is 66.8 Å². The van der Waals surface area contributed by atoms with E-state index in [0.29, 0.717) is 19.3 Å². The molecule has 0 fully saturated rings. The molecule has 1 atom stereocenters. The number of benzene rings is 1. The van der Waals surface area contributed by atoms with E-state index in [1.807, 2.05) is 12.1 Å². The average molecular weight is 399 g/mol. The molecule has 0 N–H and O–H groups in total. The van der Waals surface area contributed by atoms with Crippen LogP contribution in [0.4, 0.5) is 0 Å². The molecule has 1 rings (SSSR count). The maximum absolute atomic E-state index is 5.82. The molecule has 0 amide bonds. The van der Waals surface area contributed by atoms with Crippen LogP contribution in [-0.4, -0.2) is 19.3 Å². The van der Waals surface area contributed by atoms with Gasteiger partial charge >= 0.3 is 0 Å². The Morgan fingerprint density at radius 1 is 0.931 bits per heavy atom. The minimum atomic E-state index is 0.311. The zero-order chi connectivity index (χ0) is 21.0. The fourth-order valence-electron chi connectivity index (χ4n) is 3.02. The fraction of sp³-hybridized carbons (Fsp3) is 0.556. The van der Waals surface area contributed by atoms with Gasteiger partial charge in [-0.05, 0) is 69.6 Å². The highest BCUT2D eigenvalue weighted by Gasteiger charge is 2.00. The monoisotopic (exact) mass is 398 g/mol. The second kappa shape index (κ2) is 18.2. The van der Waals surface area contributed by atoms with Gasteiger partial charge in [-0.15, -0.1) is 6.58 Å². The molecule has 0 saturated heterocycles. The number of aryl methyl sites for hydroxylation is 1.